The molecule has 1 aromatic carbocycles. The highest BCUT2D eigenvalue weighted by Crippen LogP contribution is 2.21. The Bertz CT molecular complexity index is 315. The van der Waals surface area contributed by atoms with Crippen LogP contribution in [0.2, 0.25) is 0 Å². The van der Waals surface area contributed by atoms with Gasteiger partial charge in [-0.05, 0) is 43.8 Å². The van der Waals surface area contributed by atoms with Crippen molar-refractivity contribution < 1.29 is 4.79 Å². The summed E-state index contributed by atoms with van der Waals surface area (Å²) < 4.78 is 0. The molecule has 1 saturated heterocycles. The Kier molecular flexibility index (Phi) is 4.11. The van der Waals surface area contributed by atoms with Gasteiger partial charge in [-0.15, -0.1) is 0 Å². The second-order valence-corrected chi connectivity index (χ2v) is 4.60. The van der Waals surface area contributed by atoms with E-state index in [1.54, 1.807) is 0 Å². The van der Waals surface area contributed by atoms with E-state index in [0.29, 0.717) is 6.54 Å². The van der Waals surface area contributed by atoms with Gasteiger partial charge < -0.3 is 4.79 Å². The predicted octanol–water partition coefficient (Wildman–Crippen LogP) is 2.14. The van der Waals surface area contributed by atoms with E-state index in [1.165, 1.54) is 24.8 Å². The van der Waals surface area contributed by atoms with E-state index >= 15 is 0 Å². The zero-order chi connectivity index (χ0) is 11.2. The topological polar surface area (TPSA) is 20.3 Å². The van der Waals surface area contributed by atoms with Crippen LogP contribution < -0.4 is 0 Å². The molecule has 0 bridgehead atoms. The summed E-state index contributed by atoms with van der Waals surface area (Å²) in [5.74, 6) is 0.797. The second-order valence-electron chi connectivity index (χ2n) is 4.60. The van der Waals surface area contributed by atoms with Gasteiger partial charge in [0.2, 0.25) is 0 Å². The third kappa shape index (κ3) is 3.17. The molecule has 0 unspecified atom stereocenters. The van der Waals surface area contributed by atoms with Crippen LogP contribution in [-0.2, 0) is 11.2 Å². The Hall–Kier alpha value is -1.15. The van der Waals surface area contributed by atoms with Crippen molar-refractivity contribution in [3.63, 3.8) is 0 Å². The van der Waals surface area contributed by atoms with Gasteiger partial charge in [-0.25, -0.2) is 0 Å². The molecule has 1 aliphatic heterocycles. The molecular weight excluding hydrogens is 198 g/mol. The van der Waals surface area contributed by atoms with E-state index in [4.69, 9.17) is 0 Å². The lowest BCUT2D eigenvalue weighted by Crippen LogP contribution is -2.35. The Morgan fingerprint density at radius 2 is 1.88 bits per heavy atom. The average molecular weight is 217 g/mol. The fraction of sp³-hybridized carbons (Fsp3) is 0.500. The molecule has 1 aliphatic rings. The summed E-state index contributed by atoms with van der Waals surface area (Å²) in [6.07, 6.45) is 4.65. The molecule has 2 rings (SSSR count). The van der Waals surface area contributed by atoms with Crippen LogP contribution in [-0.4, -0.2) is 30.8 Å². The number of aldehydes is 1. The first kappa shape index (κ1) is 11.3. The van der Waals surface area contributed by atoms with Gasteiger partial charge in [0.1, 0.15) is 6.29 Å². The fourth-order valence-corrected chi connectivity index (χ4v) is 2.43. The largest absolute Gasteiger partial charge is 0.302 e. The van der Waals surface area contributed by atoms with Gasteiger partial charge in [0.25, 0.3) is 0 Å². The lowest BCUT2D eigenvalue weighted by Gasteiger charge is -2.30. The van der Waals surface area contributed by atoms with Gasteiger partial charge in [-0.3, -0.25) is 4.90 Å². The smallest absolute Gasteiger partial charge is 0.133 e. The van der Waals surface area contributed by atoms with E-state index in [9.17, 15) is 4.79 Å². The van der Waals surface area contributed by atoms with Crippen LogP contribution in [0, 0.1) is 5.92 Å². The van der Waals surface area contributed by atoms with E-state index in [1.807, 2.05) is 0 Å². The van der Waals surface area contributed by atoms with Crippen LogP contribution in [0.15, 0.2) is 30.3 Å². The molecule has 1 aromatic rings. The maximum Gasteiger partial charge on any atom is 0.133 e. The number of hydrogen-bond donors (Lipinski definition) is 0. The molecule has 16 heavy (non-hydrogen) atoms. The van der Waals surface area contributed by atoms with E-state index in [-0.39, 0.29) is 0 Å². The molecule has 0 N–H and O–H groups in total. The van der Waals surface area contributed by atoms with Crippen LogP contribution in [0.3, 0.4) is 0 Å². The number of carbonyl (C=O) groups excluding carboxylic acids is 1. The maximum atomic E-state index is 10.4. The molecule has 0 spiro atoms. The number of nitrogens with zero attached hydrogens (tertiary/aromatic N) is 1. The van der Waals surface area contributed by atoms with Crippen LogP contribution in [0.1, 0.15) is 18.4 Å². The number of carbonyl (C=O) groups is 1. The van der Waals surface area contributed by atoms with Gasteiger partial charge in [-0.1, -0.05) is 30.3 Å². The highest BCUT2D eigenvalue weighted by Gasteiger charge is 2.18. The Morgan fingerprint density at radius 3 is 2.50 bits per heavy atom. The lowest BCUT2D eigenvalue weighted by atomic mass is 9.90. The van der Waals surface area contributed by atoms with Crippen LogP contribution >= 0.6 is 0 Å². The van der Waals surface area contributed by atoms with Crippen molar-refractivity contribution in [1.82, 2.24) is 4.90 Å². The van der Waals surface area contributed by atoms with Crippen molar-refractivity contribution in [1.29, 1.82) is 0 Å². The molecule has 86 valence electrons. The number of benzene rings is 1. The SMILES string of the molecule is O=CCN1CCC(Cc2ccccc2)CC1. The minimum atomic E-state index is 0.609. The van der Waals surface area contributed by atoms with Crippen molar-refractivity contribution in [2.45, 2.75) is 19.3 Å². The molecule has 0 aromatic heterocycles. The highest BCUT2D eigenvalue weighted by molar-refractivity contribution is 5.51. The first-order chi connectivity index (χ1) is 7.88. The summed E-state index contributed by atoms with van der Waals surface area (Å²) in [6, 6.07) is 10.7. The van der Waals surface area contributed by atoms with Gasteiger partial charge in [-0.2, -0.15) is 0 Å². The number of piperidine rings is 1. The fourth-order valence-electron chi connectivity index (χ4n) is 2.43. The Balaban J connectivity index is 1.79. The molecule has 2 nitrogen and oxygen atoms in total. The van der Waals surface area contributed by atoms with E-state index in [0.717, 1.165) is 25.3 Å². The third-order valence-electron chi connectivity index (χ3n) is 3.41. The first-order valence-corrected chi connectivity index (χ1v) is 6.08. The normalized spacial score (nSPS) is 18.5. The number of hydrogen-bond acceptors (Lipinski definition) is 2. The quantitative estimate of drug-likeness (QED) is 0.720. The molecule has 0 amide bonds. The molecule has 0 atom stereocenters. The number of likely N-dealkylation sites (tertiary alicyclic amines) is 1. The summed E-state index contributed by atoms with van der Waals surface area (Å²) in [5, 5.41) is 0. The third-order valence-corrected chi connectivity index (χ3v) is 3.41. The average Bonchev–Trinajstić information content (AvgIpc) is 2.33. The summed E-state index contributed by atoms with van der Waals surface area (Å²) in [4.78, 5) is 12.6. The Labute approximate surface area is 97.3 Å². The van der Waals surface area contributed by atoms with Crippen molar-refractivity contribution >= 4 is 6.29 Å². The lowest BCUT2D eigenvalue weighted by molar-refractivity contribution is -0.109. The van der Waals surface area contributed by atoms with Crippen LogP contribution in [0.4, 0.5) is 0 Å². The van der Waals surface area contributed by atoms with E-state index < -0.39 is 0 Å². The van der Waals surface area contributed by atoms with Crippen molar-refractivity contribution in [3.05, 3.63) is 35.9 Å². The Morgan fingerprint density at radius 1 is 1.19 bits per heavy atom. The van der Waals surface area contributed by atoms with Crippen molar-refractivity contribution in [3.8, 4) is 0 Å². The molecule has 1 heterocycles. The summed E-state index contributed by atoms with van der Waals surface area (Å²) in [5.41, 5.74) is 1.44. The van der Waals surface area contributed by atoms with Crippen LogP contribution in [0.5, 0.6) is 0 Å². The predicted molar refractivity (Wildman–Crippen MR) is 65.4 cm³/mol. The van der Waals surface area contributed by atoms with Gasteiger partial charge in [0.05, 0.1) is 6.54 Å². The molecule has 1 fully saturated rings. The summed E-state index contributed by atoms with van der Waals surface area (Å²) in [6.45, 7) is 2.77. The molecule has 0 aliphatic carbocycles. The molecule has 0 saturated carbocycles. The van der Waals surface area contributed by atoms with Gasteiger partial charge in [0.15, 0.2) is 0 Å². The van der Waals surface area contributed by atoms with Gasteiger partial charge in [0, 0.05) is 0 Å². The molecular formula is C14H19NO. The molecule has 2 heteroatoms. The molecule has 0 radical (unpaired) electrons. The zero-order valence-corrected chi connectivity index (χ0v) is 9.64. The first-order valence-electron chi connectivity index (χ1n) is 6.08. The van der Waals surface area contributed by atoms with E-state index in [2.05, 4.69) is 35.2 Å². The van der Waals surface area contributed by atoms with Crippen LogP contribution in [0.25, 0.3) is 0 Å². The van der Waals surface area contributed by atoms with Gasteiger partial charge >= 0.3 is 0 Å². The van der Waals surface area contributed by atoms with Crippen molar-refractivity contribution in [2.75, 3.05) is 19.6 Å². The standard InChI is InChI=1S/C14H19NO/c16-11-10-15-8-6-14(7-9-15)12-13-4-2-1-3-5-13/h1-5,11,14H,6-10,12H2. The summed E-state index contributed by atoms with van der Waals surface area (Å²) >= 11 is 0. The summed E-state index contributed by atoms with van der Waals surface area (Å²) in [7, 11) is 0. The highest BCUT2D eigenvalue weighted by atomic mass is 16.1. The van der Waals surface area contributed by atoms with Crippen molar-refractivity contribution in [2.24, 2.45) is 5.92 Å². The minimum absolute atomic E-state index is 0.609. The second kappa shape index (κ2) is 5.80. The monoisotopic (exact) mass is 217 g/mol. The minimum Gasteiger partial charge on any atom is -0.302 e. The number of rotatable bonds is 4. The maximum absolute atomic E-state index is 10.4. The zero-order valence-electron chi connectivity index (χ0n) is 9.64.